The van der Waals surface area contributed by atoms with E-state index in [4.69, 9.17) is 16.3 Å². The van der Waals surface area contributed by atoms with Crippen LogP contribution in [0, 0.1) is 0 Å². The maximum atomic E-state index is 12.9. The number of rotatable bonds is 6. The molecule has 32 heavy (non-hydrogen) atoms. The Morgan fingerprint density at radius 2 is 1.84 bits per heavy atom. The molecule has 0 aliphatic carbocycles. The lowest BCUT2D eigenvalue weighted by Crippen LogP contribution is -2.33. The second-order valence-corrected chi connectivity index (χ2v) is 8.62. The largest absolute Gasteiger partial charge is 0.497 e. The predicted octanol–water partition coefficient (Wildman–Crippen LogP) is 4.27. The van der Waals surface area contributed by atoms with E-state index in [1.807, 2.05) is 6.07 Å². The minimum Gasteiger partial charge on any atom is -0.497 e. The monoisotopic (exact) mass is 468 g/mol. The van der Waals surface area contributed by atoms with E-state index >= 15 is 0 Å². The number of benzene rings is 2. The van der Waals surface area contributed by atoms with Gasteiger partial charge < -0.3 is 15.2 Å². The van der Waals surface area contributed by atoms with Gasteiger partial charge in [0.05, 0.1) is 11.4 Å². The van der Waals surface area contributed by atoms with Crippen LogP contribution in [0.5, 0.6) is 5.75 Å². The van der Waals surface area contributed by atoms with Crippen molar-refractivity contribution in [3.63, 3.8) is 0 Å². The number of aliphatic carboxylic acids is 1. The van der Waals surface area contributed by atoms with Crippen molar-refractivity contribution >= 4 is 45.6 Å². The molecule has 1 amide bonds. The first-order valence-corrected chi connectivity index (χ1v) is 10.7. The van der Waals surface area contributed by atoms with Crippen molar-refractivity contribution in [2.45, 2.75) is 6.04 Å². The Balaban J connectivity index is 1.59. The fraction of sp³-hybridized carbons (Fsp3) is 0.0870. The first kappa shape index (κ1) is 21.6. The van der Waals surface area contributed by atoms with Crippen LogP contribution in [0.4, 0.5) is 0 Å². The molecule has 2 heterocycles. The lowest BCUT2D eigenvalue weighted by atomic mass is 10.1. The summed E-state index contributed by atoms with van der Waals surface area (Å²) in [5, 5.41) is 13.3. The highest BCUT2D eigenvalue weighted by atomic mass is 35.5. The first-order chi connectivity index (χ1) is 15.4. The van der Waals surface area contributed by atoms with Gasteiger partial charge >= 0.3 is 5.97 Å². The maximum absolute atomic E-state index is 12.9. The van der Waals surface area contributed by atoms with Crippen LogP contribution in [0.1, 0.15) is 21.3 Å². The number of thiophene rings is 1. The molecular formula is C23H17ClN2O5S. The number of carbonyl (C=O) groups is 2. The third kappa shape index (κ3) is 4.23. The molecule has 0 radical (unpaired) electrons. The third-order valence-corrected chi connectivity index (χ3v) is 6.22. The lowest BCUT2D eigenvalue weighted by Gasteiger charge is -2.13. The van der Waals surface area contributed by atoms with E-state index in [2.05, 4.69) is 5.32 Å². The van der Waals surface area contributed by atoms with Gasteiger partial charge in [0.1, 0.15) is 5.75 Å². The molecule has 0 saturated carbocycles. The van der Waals surface area contributed by atoms with Gasteiger partial charge in [0, 0.05) is 27.7 Å². The minimum atomic E-state index is -1.21. The van der Waals surface area contributed by atoms with Gasteiger partial charge in [-0.3, -0.25) is 14.2 Å². The smallest absolute Gasteiger partial charge is 0.331 e. The summed E-state index contributed by atoms with van der Waals surface area (Å²) < 4.78 is 7.11. The number of hydrogen-bond acceptors (Lipinski definition) is 5. The van der Waals surface area contributed by atoms with E-state index in [0.717, 1.165) is 16.7 Å². The van der Waals surface area contributed by atoms with Gasteiger partial charge in [0.2, 0.25) is 0 Å². The Morgan fingerprint density at radius 1 is 1.09 bits per heavy atom. The number of halogens is 1. The molecule has 0 fully saturated rings. The van der Waals surface area contributed by atoms with Gasteiger partial charge in [-0.15, -0.1) is 11.3 Å². The molecule has 2 aromatic heterocycles. The molecule has 9 heteroatoms. The first-order valence-electron chi connectivity index (χ1n) is 9.46. The summed E-state index contributed by atoms with van der Waals surface area (Å²) in [6.07, 6.45) is 1.65. The number of ether oxygens (including phenoxy) is 1. The highest BCUT2D eigenvalue weighted by Gasteiger charge is 2.24. The van der Waals surface area contributed by atoms with Crippen LogP contribution in [-0.4, -0.2) is 28.7 Å². The minimum absolute atomic E-state index is 0.206. The molecule has 0 saturated heterocycles. The molecule has 1 atom stereocenters. The maximum Gasteiger partial charge on any atom is 0.331 e. The zero-order chi connectivity index (χ0) is 22.8. The van der Waals surface area contributed by atoms with E-state index in [1.54, 1.807) is 55.8 Å². The van der Waals surface area contributed by atoms with E-state index in [1.165, 1.54) is 16.7 Å². The molecule has 4 aromatic rings. The molecule has 0 aliphatic rings. The van der Waals surface area contributed by atoms with E-state index in [-0.39, 0.29) is 11.1 Å². The standard InChI is InChI=1S/C23H17ClN2O5S/c1-31-16-6-7-17-14(12-16)10-11-26(22(17)28)15-4-2-13(3-5-15)21(27)25-20(23(29)30)18-8-9-19(24)32-18/h2-12,20H,1H3,(H,25,27)(H,29,30). The summed E-state index contributed by atoms with van der Waals surface area (Å²) in [5.41, 5.74) is 0.633. The van der Waals surface area contributed by atoms with Crippen LogP contribution in [0.15, 0.2) is 71.7 Å². The molecule has 4 rings (SSSR count). The highest BCUT2D eigenvalue weighted by Crippen LogP contribution is 2.27. The summed E-state index contributed by atoms with van der Waals surface area (Å²) in [4.78, 5) is 37.5. The normalized spacial score (nSPS) is 11.8. The number of nitrogens with one attached hydrogen (secondary N) is 1. The Kier molecular flexibility index (Phi) is 5.98. The molecule has 0 aliphatic heterocycles. The van der Waals surface area contributed by atoms with Crippen molar-refractivity contribution in [2.75, 3.05) is 7.11 Å². The molecule has 2 aromatic carbocycles. The van der Waals surface area contributed by atoms with E-state index < -0.39 is 17.9 Å². The summed E-state index contributed by atoms with van der Waals surface area (Å²) in [6, 6.07) is 15.3. The number of fused-ring (bicyclic) bond motifs is 1. The van der Waals surface area contributed by atoms with Gasteiger partial charge in [-0.2, -0.15) is 0 Å². The second-order valence-electron chi connectivity index (χ2n) is 6.88. The molecule has 0 bridgehead atoms. The fourth-order valence-corrected chi connectivity index (χ4v) is 4.39. The Labute approximate surface area is 191 Å². The Bertz CT molecular complexity index is 1380. The van der Waals surface area contributed by atoms with Crippen molar-refractivity contribution in [3.8, 4) is 11.4 Å². The Morgan fingerprint density at radius 3 is 2.47 bits per heavy atom. The van der Waals surface area contributed by atoms with Gasteiger partial charge in [-0.05, 0) is 66.0 Å². The van der Waals surface area contributed by atoms with Crippen LogP contribution in [0.2, 0.25) is 4.34 Å². The van der Waals surface area contributed by atoms with Crippen molar-refractivity contribution in [1.29, 1.82) is 0 Å². The number of aromatic nitrogens is 1. The zero-order valence-electron chi connectivity index (χ0n) is 16.7. The van der Waals surface area contributed by atoms with Crippen molar-refractivity contribution < 1.29 is 19.4 Å². The number of methoxy groups -OCH3 is 1. The van der Waals surface area contributed by atoms with Crippen molar-refractivity contribution in [1.82, 2.24) is 9.88 Å². The predicted molar refractivity (Wildman–Crippen MR) is 123 cm³/mol. The summed E-state index contributed by atoms with van der Waals surface area (Å²) in [6.45, 7) is 0. The number of carbonyl (C=O) groups excluding carboxylic acids is 1. The average molecular weight is 469 g/mol. The van der Waals surface area contributed by atoms with Gasteiger partial charge in [0.15, 0.2) is 6.04 Å². The van der Waals surface area contributed by atoms with Crippen LogP contribution in [-0.2, 0) is 4.79 Å². The van der Waals surface area contributed by atoms with Gasteiger partial charge in [-0.25, -0.2) is 4.79 Å². The fourth-order valence-electron chi connectivity index (χ4n) is 3.28. The van der Waals surface area contributed by atoms with Gasteiger partial charge in [-0.1, -0.05) is 11.6 Å². The van der Waals surface area contributed by atoms with E-state index in [0.29, 0.717) is 26.0 Å². The lowest BCUT2D eigenvalue weighted by molar-refractivity contribution is -0.139. The number of carboxylic acids is 1. The number of carboxylic acid groups (broad SMARTS) is 1. The number of amides is 1. The highest BCUT2D eigenvalue weighted by molar-refractivity contribution is 7.16. The van der Waals surface area contributed by atoms with E-state index in [9.17, 15) is 19.5 Å². The molecular weight excluding hydrogens is 452 g/mol. The molecule has 0 spiro atoms. The summed E-state index contributed by atoms with van der Waals surface area (Å²) in [7, 11) is 1.56. The molecule has 2 N–H and O–H groups in total. The van der Waals surface area contributed by atoms with Crippen molar-refractivity contribution in [2.24, 2.45) is 0 Å². The molecule has 1 unspecified atom stereocenters. The number of pyridine rings is 1. The average Bonchev–Trinajstić information content (AvgIpc) is 3.23. The molecule has 7 nitrogen and oxygen atoms in total. The zero-order valence-corrected chi connectivity index (χ0v) is 18.3. The number of hydrogen-bond donors (Lipinski definition) is 2. The topological polar surface area (TPSA) is 97.6 Å². The van der Waals surface area contributed by atoms with Crippen molar-refractivity contribution in [3.05, 3.63) is 92.0 Å². The third-order valence-electron chi connectivity index (χ3n) is 4.92. The quantitative estimate of drug-likeness (QED) is 0.440. The Hall–Kier alpha value is -3.62. The summed E-state index contributed by atoms with van der Waals surface area (Å²) in [5.74, 6) is -1.08. The second kappa shape index (κ2) is 8.86. The van der Waals surface area contributed by atoms with Crippen LogP contribution in [0.25, 0.3) is 16.5 Å². The SMILES string of the molecule is COc1ccc2c(=O)n(-c3ccc(C(=O)NC(C(=O)O)c4ccc(Cl)s4)cc3)ccc2c1. The van der Waals surface area contributed by atoms with Crippen LogP contribution in [0.3, 0.4) is 0 Å². The molecule has 162 valence electrons. The van der Waals surface area contributed by atoms with Gasteiger partial charge in [0.25, 0.3) is 11.5 Å². The summed E-state index contributed by atoms with van der Waals surface area (Å²) >= 11 is 6.97. The van der Waals surface area contributed by atoms with Crippen LogP contribution >= 0.6 is 22.9 Å². The number of nitrogens with zero attached hydrogens (tertiary/aromatic N) is 1. The van der Waals surface area contributed by atoms with Crippen LogP contribution < -0.4 is 15.6 Å².